The zero-order valence-corrected chi connectivity index (χ0v) is 18.1. The number of carbonyl (C=O) groups is 1. The molecule has 1 aromatic heterocycles. The van der Waals surface area contributed by atoms with Gasteiger partial charge in [-0.05, 0) is 68.3 Å². The van der Waals surface area contributed by atoms with Crippen molar-refractivity contribution in [3.8, 4) is 28.3 Å². The molecule has 1 aliphatic rings. The number of likely N-dealkylation sites (tertiary alicyclic amines) is 1. The van der Waals surface area contributed by atoms with Crippen LogP contribution in [0.4, 0.5) is 9.18 Å². The first-order chi connectivity index (χ1) is 15.5. The maximum atomic E-state index is 13.5. The summed E-state index contributed by atoms with van der Waals surface area (Å²) < 4.78 is 25.0. The van der Waals surface area contributed by atoms with Gasteiger partial charge in [-0.3, -0.25) is 5.21 Å². The highest BCUT2D eigenvalue weighted by Gasteiger charge is 2.30. The SMILES string of the molecule is CCN(O)C(=O)N1CCC(c2nc(-c3ccc(OC)cc3)c(-c3ccc(F)cc3)o2)CC1. The van der Waals surface area contributed by atoms with Gasteiger partial charge in [0, 0.05) is 36.7 Å². The van der Waals surface area contributed by atoms with Crippen LogP contribution in [0.2, 0.25) is 0 Å². The van der Waals surface area contributed by atoms with E-state index in [0.29, 0.717) is 43.3 Å². The number of rotatable bonds is 5. The van der Waals surface area contributed by atoms with E-state index < -0.39 is 0 Å². The van der Waals surface area contributed by atoms with Crippen molar-refractivity contribution in [3.63, 3.8) is 0 Å². The van der Waals surface area contributed by atoms with Gasteiger partial charge in [0.2, 0.25) is 0 Å². The first kappa shape index (κ1) is 21.8. The van der Waals surface area contributed by atoms with Crippen LogP contribution in [0.25, 0.3) is 22.6 Å². The van der Waals surface area contributed by atoms with Crippen LogP contribution < -0.4 is 4.74 Å². The molecule has 0 radical (unpaired) electrons. The van der Waals surface area contributed by atoms with Crippen LogP contribution in [0.15, 0.2) is 52.9 Å². The molecule has 0 bridgehead atoms. The molecule has 168 valence electrons. The number of amides is 2. The van der Waals surface area contributed by atoms with Crippen LogP contribution in [-0.2, 0) is 0 Å². The summed E-state index contributed by atoms with van der Waals surface area (Å²) in [6.45, 7) is 2.97. The van der Waals surface area contributed by atoms with Gasteiger partial charge in [0.15, 0.2) is 11.7 Å². The Hall–Kier alpha value is -3.39. The first-order valence-electron chi connectivity index (χ1n) is 10.7. The van der Waals surface area contributed by atoms with E-state index in [1.54, 1.807) is 31.1 Å². The number of halogens is 1. The zero-order valence-electron chi connectivity index (χ0n) is 18.1. The summed E-state index contributed by atoms with van der Waals surface area (Å²) in [5.74, 6) is 1.64. The molecule has 0 spiro atoms. The summed E-state index contributed by atoms with van der Waals surface area (Å²) in [5, 5.41) is 10.4. The summed E-state index contributed by atoms with van der Waals surface area (Å²) in [6, 6.07) is 13.3. The topological polar surface area (TPSA) is 79.0 Å². The highest BCUT2D eigenvalue weighted by Crippen LogP contribution is 2.38. The number of oxazole rings is 1. The fourth-order valence-corrected chi connectivity index (χ4v) is 3.87. The third-order valence-corrected chi connectivity index (χ3v) is 5.75. The third kappa shape index (κ3) is 4.45. The zero-order chi connectivity index (χ0) is 22.7. The van der Waals surface area contributed by atoms with Gasteiger partial charge in [0.05, 0.1) is 7.11 Å². The van der Waals surface area contributed by atoms with Gasteiger partial charge < -0.3 is 14.1 Å². The largest absolute Gasteiger partial charge is 0.497 e. The normalized spacial score (nSPS) is 14.4. The Bertz CT molecular complexity index is 1060. The van der Waals surface area contributed by atoms with Crippen molar-refractivity contribution in [2.24, 2.45) is 0 Å². The molecule has 4 rings (SSSR count). The summed E-state index contributed by atoms with van der Waals surface area (Å²) >= 11 is 0. The Morgan fingerprint density at radius 1 is 1.16 bits per heavy atom. The fourth-order valence-electron chi connectivity index (χ4n) is 3.87. The molecule has 8 heteroatoms. The second-order valence-corrected chi connectivity index (χ2v) is 7.72. The van der Waals surface area contributed by atoms with Crippen LogP contribution in [0, 0.1) is 5.82 Å². The summed E-state index contributed by atoms with van der Waals surface area (Å²) in [6.07, 6.45) is 1.35. The number of benzene rings is 2. The number of hydrogen-bond acceptors (Lipinski definition) is 5. The molecule has 1 aliphatic heterocycles. The van der Waals surface area contributed by atoms with E-state index in [9.17, 15) is 14.4 Å². The van der Waals surface area contributed by atoms with Crippen LogP contribution in [-0.4, -0.2) is 52.9 Å². The number of nitrogens with zero attached hydrogens (tertiary/aromatic N) is 3. The van der Waals surface area contributed by atoms with Crippen molar-refractivity contribution < 1.29 is 23.5 Å². The number of urea groups is 1. The molecule has 2 heterocycles. The molecule has 2 aromatic carbocycles. The minimum atomic E-state index is -0.385. The molecule has 2 amide bonds. The molecule has 1 fully saturated rings. The lowest BCUT2D eigenvalue weighted by molar-refractivity contribution is -0.0543. The van der Waals surface area contributed by atoms with Crippen LogP contribution >= 0.6 is 0 Å². The predicted molar refractivity (Wildman–Crippen MR) is 117 cm³/mol. The van der Waals surface area contributed by atoms with Gasteiger partial charge in [-0.25, -0.2) is 19.2 Å². The second-order valence-electron chi connectivity index (χ2n) is 7.72. The molecular formula is C24H26FN3O4. The molecule has 0 unspecified atom stereocenters. The average molecular weight is 439 g/mol. The summed E-state index contributed by atoms with van der Waals surface area (Å²) in [5.41, 5.74) is 2.29. The molecule has 0 atom stereocenters. The lowest BCUT2D eigenvalue weighted by Crippen LogP contribution is -2.45. The lowest BCUT2D eigenvalue weighted by Gasteiger charge is -2.32. The van der Waals surface area contributed by atoms with E-state index in [1.165, 1.54) is 12.1 Å². The van der Waals surface area contributed by atoms with Gasteiger partial charge in [-0.15, -0.1) is 0 Å². The predicted octanol–water partition coefficient (Wildman–Crippen LogP) is 5.17. The smallest absolute Gasteiger partial charge is 0.343 e. The Balaban J connectivity index is 1.62. The van der Waals surface area contributed by atoms with Crippen molar-refractivity contribution >= 4 is 6.03 Å². The molecule has 0 aliphatic carbocycles. The van der Waals surface area contributed by atoms with Gasteiger partial charge in [0.1, 0.15) is 17.3 Å². The van der Waals surface area contributed by atoms with E-state index in [2.05, 4.69) is 0 Å². The number of hydroxylamine groups is 2. The Morgan fingerprint density at radius 3 is 2.38 bits per heavy atom. The first-order valence-corrected chi connectivity index (χ1v) is 10.7. The van der Waals surface area contributed by atoms with Crippen LogP contribution in [0.1, 0.15) is 31.6 Å². The van der Waals surface area contributed by atoms with E-state index in [4.69, 9.17) is 14.1 Å². The average Bonchev–Trinajstić information content (AvgIpc) is 3.29. The lowest BCUT2D eigenvalue weighted by atomic mass is 9.97. The molecule has 1 N–H and O–H groups in total. The number of methoxy groups -OCH3 is 1. The Labute approximate surface area is 186 Å². The fraction of sp³-hybridized carbons (Fsp3) is 0.333. The van der Waals surface area contributed by atoms with Crippen molar-refractivity contribution in [2.75, 3.05) is 26.7 Å². The van der Waals surface area contributed by atoms with Gasteiger partial charge in [-0.1, -0.05) is 0 Å². The van der Waals surface area contributed by atoms with Gasteiger partial charge >= 0.3 is 6.03 Å². The molecule has 0 saturated carbocycles. The van der Waals surface area contributed by atoms with E-state index >= 15 is 0 Å². The van der Waals surface area contributed by atoms with Crippen LogP contribution in [0.3, 0.4) is 0 Å². The maximum absolute atomic E-state index is 13.5. The second kappa shape index (κ2) is 9.40. The van der Waals surface area contributed by atoms with Gasteiger partial charge in [-0.2, -0.15) is 0 Å². The minimum Gasteiger partial charge on any atom is -0.497 e. The van der Waals surface area contributed by atoms with Crippen LogP contribution in [0.5, 0.6) is 5.75 Å². The Morgan fingerprint density at radius 2 is 1.78 bits per heavy atom. The monoisotopic (exact) mass is 439 g/mol. The number of aromatic nitrogens is 1. The van der Waals surface area contributed by atoms with Crippen molar-refractivity contribution in [3.05, 3.63) is 60.2 Å². The third-order valence-electron chi connectivity index (χ3n) is 5.75. The maximum Gasteiger partial charge on any atom is 0.343 e. The van der Waals surface area contributed by atoms with E-state index in [-0.39, 0.29) is 24.3 Å². The molecule has 3 aromatic rings. The number of ether oxygens (including phenoxy) is 1. The van der Waals surface area contributed by atoms with E-state index in [0.717, 1.165) is 21.9 Å². The quantitative estimate of drug-likeness (QED) is 0.438. The molecule has 1 saturated heterocycles. The molecule has 32 heavy (non-hydrogen) atoms. The standard InChI is InChI=1S/C24H26FN3O4/c1-3-28(30)24(29)27-14-12-18(13-15-27)23-26-21(16-6-10-20(31-2)11-7-16)22(32-23)17-4-8-19(25)9-5-17/h4-11,18,30H,3,12-15H2,1-2H3. The summed E-state index contributed by atoms with van der Waals surface area (Å²) in [7, 11) is 1.61. The number of piperidine rings is 1. The van der Waals surface area contributed by atoms with E-state index in [1.807, 2.05) is 24.3 Å². The molecular weight excluding hydrogens is 413 g/mol. The minimum absolute atomic E-state index is 0.0408. The number of hydrogen-bond donors (Lipinski definition) is 1. The van der Waals surface area contributed by atoms with Crippen molar-refractivity contribution in [1.29, 1.82) is 0 Å². The van der Waals surface area contributed by atoms with Crippen molar-refractivity contribution in [1.82, 2.24) is 14.9 Å². The highest BCUT2D eigenvalue weighted by molar-refractivity contribution is 5.77. The Kier molecular flexibility index (Phi) is 6.41. The highest BCUT2D eigenvalue weighted by atomic mass is 19.1. The summed E-state index contributed by atoms with van der Waals surface area (Å²) in [4.78, 5) is 18.7. The van der Waals surface area contributed by atoms with Gasteiger partial charge in [0.25, 0.3) is 0 Å². The number of carbonyl (C=O) groups excluding carboxylic acids is 1. The molecule has 7 nitrogen and oxygen atoms in total. The van der Waals surface area contributed by atoms with Crippen molar-refractivity contribution in [2.45, 2.75) is 25.7 Å².